The molecule has 3 heteroatoms. The van der Waals surface area contributed by atoms with E-state index in [0.717, 1.165) is 30.3 Å². The number of rotatable bonds is 8. The van der Waals surface area contributed by atoms with Crippen LogP contribution in [-0.4, -0.2) is 17.6 Å². The Hall–Kier alpha value is -1.19. The molecule has 1 aromatic heterocycles. The molecule has 21 heavy (non-hydrogen) atoms. The van der Waals surface area contributed by atoms with Crippen molar-refractivity contribution in [1.82, 2.24) is 10.3 Å². The van der Waals surface area contributed by atoms with Crippen molar-refractivity contribution in [1.29, 1.82) is 0 Å². The highest BCUT2D eigenvalue weighted by molar-refractivity contribution is 9.10. The Bertz CT molecular complexity index is 528. The van der Waals surface area contributed by atoms with Gasteiger partial charge in [-0.2, -0.15) is 0 Å². The molecule has 112 valence electrons. The zero-order valence-electron chi connectivity index (χ0n) is 12.6. The summed E-state index contributed by atoms with van der Waals surface area (Å²) < 4.78 is 1.15. The van der Waals surface area contributed by atoms with Crippen molar-refractivity contribution < 1.29 is 0 Å². The fraction of sp³-hybridized carbons (Fsp3) is 0.389. The standard InChI is InChI=1S/C18H23BrN2/c1-2-11-20-18(10-9-17-8-3-4-12-21-17)14-15-6-5-7-16(19)13-15/h3-8,12-13,18,20H,2,9-11,14H2,1H3. The molecule has 0 saturated carbocycles. The Morgan fingerprint density at radius 1 is 1.19 bits per heavy atom. The first-order valence-corrected chi connectivity index (χ1v) is 8.45. The van der Waals surface area contributed by atoms with Crippen LogP contribution in [0.4, 0.5) is 0 Å². The van der Waals surface area contributed by atoms with Gasteiger partial charge in [-0.1, -0.05) is 41.1 Å². The predicted molar refractivity (Wildman–Crippen MR) is 92.5 cm³/mol. The van der Waals surface area contributed by atoms with Gasteiger partial charge in [0.2, 0.25) is 0 Å². The van der Waals surface area contributed by atoms with E-state index in [-0.39, 0.29) is 0 Å². The zero-order chi connectivity index (χ0) is 14.9. The van der Waals surface area contributed by atoms with Crippen LogP contribution in [0.2, 0.25) is 0 Å². The van der Waals surface area contributed by atoms with Crippen molar-refractivity contribution in [3.63, 3.8) is 0 Å². The van der Waals surface area contributed by atoms with Crippen molar-refractivity contribution in [2.75, 3.05) is 6.54 Å². The maximum atomic E-state index is 4.42. The Labute approximate surface area is 136 Å². The van der Waals surface area contributed by atoms with Gasteiger partial charge >= 0.3 is 0 Å². The van der Waals surface area contributed by atoms with E-state index >= 15 is 0 Å². The number of halogens is 1. The predicted octanol–water partition coefficient (Wildman–Crippen LogP) is 4.39. The number of aromatic nitrogens is 1. The third-order valence-corrected chi connectivity index (χ3v) is 4.02. The van der Waals surface area contributed by atoms with E-state index in [9.17, 15) is 0 Å². The first kappa shape index (κ1) is 16.2. The van der Waals surface area contributed by atoms with E-state index in [2.05, 4.69) is 69.6 Å². The van der Waals surface area contributed by atoms with Crippen LogP contribution < -0.4 is 5.32 Å². The first-order chi connectivity index (χ1) is 10.3. The van der Waals surface area contributed by atoms with Gasteiger partial charge in [-0.25, -0.2) is 0 Å². The normalized spacial score (nSPS) is 12.3. The third-order valence-electron chi connectivity index (χ3n) is 3.53. The van der Waals surface area contributed by atoms with E-state index in [1.54, 1.807) is 0 Å². The van der Waals surface area contributed by atoms with Crippen LogP contribution in [-0.2, 0) is 12.8 Å². The van der Waals surface area contributed by atoms with Crippen molar-refractivity contribution in [3.05, 3.63) is 64.4 Å². The molecule has 0 radical (unpaired) electrons. The minimum atomic E-state index is 0.501. The molecule has 0 aliphatic rings. The summed E-state index contributed by atoms with van der Waals surface area (Å²) in [5.74, 6) is 0. The summed E-state index contributed by atoms with van der Waals surface area (Å²) in [7, 11) is 0. The molecule has 0 fully saturated rings. The van der Waals surface area contributed by atoms with Gasteiger partial charge in [-0.05, 0) is 62.1 Å². The summed E-state index contributed by atoms with van der Waals surface area (Å²) in [6.45, 7) is 3.28. The van der Waals surface area contributed by atoms with Gasteiger partial charge in [0.1, 0.15) is 0 Å². The summed E-state index contributed by atoms with van der Waals surface area (Å²) in [6.07, 6.45) is 6.24. The molecule has 0 aliphatic heterocycles. The minimum Gasteiger partial charge on any atom is -0.314 e. The van der Waals surface area contributed by atoms with Crippen molar-refractivity contribution >= 4 is 15.9 Å². The minimum absolute atomic E-state index is 0.501. The van der Waals surface area contributed by atoms with Gasteiger partial charge in [0.05, 0.1) is 0 Å². The van der Waals surface area contributed by atoms with Gasteiger partial charge in [0.25, 0.3) is 0 Å². The lowest BCUT2D eigenvalue weighted by molar-refractivity contribution is 0.475. The molecule has 1 atom stereocenters. The van der Waals surface area contributed by atoms with Gasteiger partial charge in [-0.3, -0.25) is 4.98 Å². The Morgan fingerprint density at radius 3 is 2.81 bits per heavy atom. The highest BCUT2D eigenvalue weighted by Crippen LogP contribution is 2.15. The van der Waals surface area contributed by atoms with Crippen LogP contribution in [0.1, 0.15) is 31.0 Å². The summed E-state index contributed by atoms with van der Waals surface area (Å²) in [4.78, 5) is 4.42. The molecule has 0 spiro atoms. The van der Waals surface area contributed by atoms with Crippen molar-refractivity contribution in [3.8, 4) is 0 Å². The summed E-state index contributed by atoms with van der Waals surface area (Å²) in [5.41, 5.74) is 2.55. The average Bonchev–Trinajstić information content (AvgIpc) is 2.51. The maximum Gasteiger partial charge on any atom is 0.0404 e. The van der Waals surface area contributed by atoms with Gasteiger partial charge < -0.3 is 5.32 Å². The van der Waals surface area contributed by atoms with Crippen LogP contribution >= 0.6 is 15.9 Å². The van der Waals surface area contributed by atoms with Gasteiger partial charge in [0.15, 0.2) is 0 Å². The Morgan fingerprint density at radius 2 is 2.10 bits per heavy atom. The molecule has 2 nitrogen and oxygen atoms in total. The molecular weight excluding hydrogens is 324 g/mol. The largest absolute Gasteiger partial charge is 0.314 e. The van der Waals surface area contributed by atoms with Crippen LogP contribution in [0.25, 0.3) is 0 Å². The van der Waals surface area contributed by atoms with E-state index in [1.165, 1.54) is 17.7 Å². The van der Waals surface area contributed by atoms with Gasteiger partial charge in [-0.15, -0.1) is 0 Å². The lowest BCUT2D eigenvalue weighted by Crippen LogP contribution is -2.32. The highest BCUT2D eigenvalue weighted by atomic mass is 79.9. The summed E-state index contributed by atoms with van der Waals surface area (Å²) in [5, 5.41) is 3.66. The SMILES string of the molecule is CCCNC(CCc1ccccn1)Cc1cccc(Br)c1. The first-order valence-electron chi connectivity index (χ1n) is 7.65. The van der Waals surface area contributed by atoms with E-state index in [4.69, 9.17) is 0 Å². The molecule has 0 saturated heterocycles. The Balaban J connectivity index is 1.94. The number of benzene rings is 1. The van der Waals surface area contributed by atoms with Gasteiger partial charge in [0, 0.05) is 22.4 Å². The van der Waals surface area contributed by atoms with Crippen molar-refractivity contribution in [2.24, 2.45) is 0 Å². The summed E-state index contributed by atoms with van der Waals surface area (Å²) in [6, 6.07) is 15.2. The number of hydrogen-bond acceptors (Lipinski definition) is 2. The molecule has 0 aliphatic carbocycles. The molecular formula is C18H23BrN2. The fourth-order valence-corrected chi connectivity index (χ4v) is 2.89. The third kappa shape index (κ3) is 5.98. The van der Waals surface area contributed by atoms with Crippen LogP contribution in [0, 0.1) is 0 Å². The smallest absolute Gasteiger partial charge is 0.0404 e. The average molecular weight is 347 g/mol. The number of hydrogen-bond donors (Lipinski definition) is 1. The molecule has 0 bridgehead atoms. The van der Waals surface area contributed by atoms with E-state index in [0.29, 0.717) is 6.04 Å². The van der Waals surface area contributed by atoms with Crippen molar-refractivity contribution in [2.45, 2.75) is 38.6 Å². The quantitative estimate of drug-likeness (QED) is 0.766. The summed E-state index contributed by atoms with van der Waals surface area (Å²) >= 11 is 3.55. The second-order valence-corrected chi connectivity index (χ2v) is 6.26. The molecule has 1 N–H and O–H groups in total. The number of aryl methyl sites for hydroxylation is 1. The number of nitrogens with one attached hydrogen (secondary N) is 1. The molecule has 0 amide bonds. The zero-order valence-corrected chi connectivity index (χ0v) is 14.1. The number of pyridine rings is 1. The van der Waals surface area contributed by atoms with Crippen LogP contribution in [0.5, 0.6) is 0 Å². The lowest BCUT2D eigenvalue weighted by Gasteiger charge is -2.18. The molecule has 1 heterocycles. The number of nitrogens with zero attached hydrogens (tertiary/aromatic N) is 1. The molecule has 1 aromatic carbocycles. The monoisotopic (exact) mass is 346 g/mol. The van der Waals surface area contributed by atoms with E-state index < -0.39 is 0 Å². The molecule has 2 rings (SSSR count). The fourth-order valence-electron chi connectivity index (χ4n) is 2.44. The maximum absolute atomic E-state index is 4.42. The van der Waals surface area contributed by atoms with Crippen LogP contribution in [0.15, 0.2) is 53.1 Å². The second-order valence-electron chi connectivity index (χ2n) is 5.34. The topological polar surface area (TPSA) is 24.9 Å². The Kier molecular flexibility index (Phi) is 6.90. The van der Waals surface area contributed by atoms with E-state index in [1.807, 2.05) is 12.3 Å². The molecule has 1 unspecified atom stereocenters. The van der Waals surface area contributed by atoms with Crippen LogP contribution in [0.3, 0.4) is 0 Å². The second kappa shape index (κ2) is 8.96. The molecule has 2 aromatic rings. The lowest BCUT2D eigenvalue weighted by atomic mass is 10.0. The highest BCUT2D eigenvalue weighted by Gasteiger charge is 2.10.